The highest BCUT2D eigenvalue weighted by molar-refractivity contribution is 7.98. The summed E-state index contributed by atoms with van der Waals surface area (Å²) in [5.74, 6) is -0.361. The second-order valence-electron chi connectivity index (χ2n) is 10.9. The van der Waals surface area contributed by atoms with Crippen LogP contribution in [0, 0.1) is 22.6 Å². The Morgan fingerprint density at radius 3 is 2.80 bits per heavy atom. The zero-order valence-electron chi connectivity index (χ0n) is 21.9. The summed E-state index contributed by atoms with van der Waals surface area (Å²) in [7, 11) is 0. The van der Waals surface area contributed by atoms with Crippen LogP contribution in [-0.2, 0) is 0 Å². The minimum Gasteiger partial charge on any atom is -0.453 e. The average Bonchev–Trinajstić information content (AvgIpc) is 3.57. The molecule has 7 rings (SSSR count). The molecule has 3 fully saturated rings. The van der Waals surface area contributed by atoms with Gasteiger partial charge in [0.15, 0.2) is 17.4 Å². The highest BCUT2D eigenvalue weighted by Gasteiger charge is 2.49. The van der Waals surface area contributed by atoms with E-state index in [0.717, 1.165) is 38.1 Å². The lowest BCUT2D eigenvalue weighted by atomic mass is 9.62. The Labute approximate surface area is 238 Å². The molecule has 13 heteroatoms. The van der Waals surface area contributed by atoms with Crippen molar-refractivity contribution in [2.75, 3.05) is 30.9 Å². The molecule has 2 saturated heterocycles. The molecule has 1 aliphatic carbocycles. The first-order chi connectivity index (χ1) is 19.9. The minimum absolute atomic E-state index is 0.0433. The molecule has 1 unspecified atom stereocenters. The standard InChI is InChI=1S/C28H26F2N8O2S/c29-17-5-7-36(13-17)41-35-24-4-2-22(30)26(21(24)12-31)40-19-1-3-23-20(9-19)27(39)37(16-33-23)25-6-8-38(34-25)18-10-28(11-18)14-32-15-28/h1-4,6,8-9,16-18,32,35H,5,7,10-11,13-15H2. The van der Waals surface area contributed by atoms with Crippen LogP contribution in [0.15, 0.2) is 53.7 Å². The molecule has 0 amide bonds. The summed E-state index contributed by atoms with van der Waals surface area (Å²) >= 11 is 1.16. The van der Waals surface area contributed by atoms with E-state index in [4.69, 9.17) is 4.74 Å². The van der Waals surface area contributed by atoms with Crippen molar-refractivity contribution in [3.63, 3.8) is 0 Å². The van der Waals surface area contributed by atoms with E-state index in [-0.39, 0.29) is 34.6 Å². The summed E-state index contributed by atoms with van der Waals surface area (Å²) in [6.07, 6.45) is 5.02. The van der Waals surface area contributed by atoms with Gasteiger partial charge in [0.05, 0.1) is 22.6 Å². The molecule has 1 saturated carbocycles. The first-order valence-corrected chi connectivity index (χ1v) is 14.2. The molecule has 0 radical (unpaired) electrons. The highest BCUT2D eigenvalue weighted by Crippen LogP contribution is 2.50. The van der Waals surface area contributed by atoms with Gasteiger partial charge in [-0.3, -0.25) is 9.48 Å². The van der Waals surface area contributed by atoms with Crippen molar-refractivity contribution in [3.05, 3.63) is 70.7 Å². The molecule has 0 bridgehead atoms. The lowest BCUT2D eigenvalue weighted by molar-refractivity contribution is 0.00235. The van der Waals surface area contributed by atoms with E-state index in [1.165, 1.54) is 29.1 Å². The van der Waals surface area contributed by atoms with Crippen LogP contribution < -0.4 is 20.3 Å². The van der Waals surface area contributed by atoms with Crippen molar-refractivity contribution in [3.8, 4) is 23.4 Å². The Morgan fingerprint density at radius 1 is 1.22 bits per heavy atom. The fourth-order valence-corrected chi connectivity index (χ4v) is 6.57. The van der Waals surface area contributed by atoms with Crippen LogP contribution in [0.4, 0.5) is 14.5 Å². The molecule has 210 valence electrons. The lowest BCUT2D eigenvalue weighted by Gasteiger charge is -2.54. The highest BCUT2D eigenvalue weighted by atomic mass is 32.2. The molecule has 41 heavy (non-hydrogen) atoms. The van der Waals surface area contributed by atoms with Crippen LogP contribution in [-0.4, -0.2) is 56.0 Å². The normalized spacial score (nSPS) is 20.1. The molecule has 2 aliphatic heterocycles. The van der Waals surface area contributed by atoms with Gasteiger partial charge >= 0.3 is 0 Å². The molecule has 1 spiro atoms. The number of nitrogens with zero attached hydrogens (tertiary/aromatic N) is 6. The van der Waals surface area contributed by atoms with Crippen LogP contribution in [0.25, 0.3) is 16.7 Å². The van der Waals surface area contributed by atoms with Gasteiger partial charge in [-0.1, -0.05) is 0 Å². The van der Waals surface area contributed by atoms with E-state index in [2.05, 4.69) is 20.1 Å². The summed E-state index contributed by atoms with van der Waals surface area (Å²) < 4.78 is 42.3. The monoisotopic (exact) mass is 576 g/mol. The average molecular weight is 577 g/mol. The number of alkyl halides is 1. The summed E-state index contributed by atoms with van der Waals surface area (Å²) in [5.41, 5.74) is 0.797. The van der Waals surface area contributed by atoms with Crippen molar-refractivity contribution in [1.29, 1.82) is 5.26 Å². The molecule has 2 N–H and O–H groups in total. The van der Waals surface area contributed by atoms with Gasteiger partial charge in [-0.2, -0.15) is 10.4 Å². The Bertz CT molecular complexity index is 1740. The van der Waals surface area contributed by atoms with Crippen LogP contribution in [0.3, 0.4) is 0 Å². The zero-order chi connectivity index (χ0) is 28.1. The Morgan fingerprint density at radius 2 is 2.07 bits per heavy atom. The number of halogens is 2. The summed E-state index contributed by atoms with van der Waals surface area (Å²) in [4.78, 5) is 17.9. The maximum atomic E-state index is 14.9. The maximum Gasteiger partial charge on any atom is 0.267 e. The minimum atomic E-state index is -0.894. The van der Waals surface area contributed by atoms with Gasteiger partial charge in [-0.25, -0.2) is 22.6 Å². The molecule has 3 aliphatic rings. The molecule has 4 heterocycles. The quantitative estimate of drug-likeness (QED) is 0.311. The summed E-state index contributed by atoms with van der Waals surface area (Å²) in [5, 5.41) is 18.1. The Balaban J connectivity index is 1.14. The van der Waals surface area contributed by atoms with Gasteiger partial charge in [0.2, 0.25) is 0 Å². The molecule has 10 nitrogen and oxygen atoms in total. The number of benzene rings is 2. The molecule has 2 aromatic heterocycles. The first kappa shape index (κ1) is 25.9. The fourth-order valence-electron chi connectivity index (χ4n) is 5.74. The predicted octanol–water partition coefficient (Wildman–Crippen LogP) is 4.33. The Hall–Kier alpha value is -3.99. The number of hydrogen-bond acceptors (Lipinski definition) is 9. The summed E-state index contributed by atoms with van der Waals surface area (Å²) in [6, 6.07) is 11.4. The number of ether oxygens (including phenoxy) is 1. The fraction of sp³-hybridized carbons (Fsp3) is 0.357. The van der Waals surface area contributed by atoms with Gasteiger partial charge < -0.3 is 14.8 Å². The number of anilines is 1. The van der Waals surface area contributed by atoms with E-state index in [0.29, 0.717) is 41.4 Å². The largest absolute Gasteiger partial charge is 0.453 e. The van der Waals surface area contributed by atoms with Crippen LogP contribution >= 0.6 is 12.1 Å². The third-order valence-electron chi connectivity index (χ3n) is 8.10. The molecule has 1 atom stereocenters. The number of nitrogens with one attached hydrogen (secondary N) is 2. The number of fused-ring (bicyclic) bond motifs is 1. The predicted molar refractivity (Wildman–Crippen MR) is 150 cm³/mol. The third kappa shape index (κ3) is 4.71. The number of rotatable bonds is 7. The van der Waals surface area contributed by atoms with Crippen LogP contribution in [0.5, 0.6) is 11.5 Å². The first-order valence-electron chi connectivity index (χ1n) is 13.4. The van der Waals surface area contributed by atoms with Crippen molar-refractivity contribution < 1.29 is 13.5 Å². The third-order valence-corrected chi connectivity index (χ3v) is 9.00. The molecule has 2 aromatic carbocycles. The van der Waals surface area contributed by atoms with Crippen LogP contribution in [0.1, 0.15) is 30.9 Å². The van der Waals surface area contributed by atoms with Gasteiger partial charge in [-0.05, 0) is 55.0 Å². The van der Waals surface area contributed by atoms with E-state index < -0.39 is 12.0 Å². The molecule has 4 aromatic rings. The van der Waals surface area contributed by atoms with Gasteiger partial charge in [0.25, 0.3) is 5.56 Å². The van der Waals surface area contributed by atoms with E-state index in [9.17, 15) is 18.8 Å². The van der Waals surface area contributed by atoms with Crippen molar-refractivity contribution in [2.24, 2.45) is 5.41 Å². The van der Waals surface area contributed by atoms with E-state index in [1.54, 1.807) is 22.5 Å². The van der Waals surface area contributed by atoms with Crippen molar-refractivity contribution in [2.45, 2.75) is 31.5 Å². The zero-order valence-corrected chi connectivity index (χ0v) is 22.7. The number of hydrogen-bond donors (Lipinski definition) is 2. The van der Waals surface area contributed by atoms with Crippen LogP contribution in [0.2, 0.25) is 0 Å². The number of aromatic nitrogens is 4. The van der Waals surface area contributed by atoms with Crippen molar-refractivity contribution >= 4 is 28.7 Å². The van der Waals surface area contributed by atoms with Crippen molar-refractivity contribution in [1.82, 2.24) is 29.0 Å². The second kappa shape index (κ2) is 10.1. The maximum absolute atomic E-state index is 14.9. The summed E-state index contributed by atoms with van der Waals surface area (Å²) in [6.45, 7) is 2.93. The molecular weight excluding hydrogens is 550 g/mol. The number of nitriles is 1. The van der Waals surface area contributed by atoms with Gasteiger partial charge in [0, 0.05) is 50.6 Å². The Kier molecular flexibility index (Phi) is 6.41. The van der Waals surface area contributed by atoms with E-state index >= 15 is 0 Å². The lowest BCUT2D eigenvalue weighted by Crippen LogP contribution is -2.60. The molecular formula is C28H26F2N8O2S. The SMILES string of the molecule is N#Cc1c(NSN2CCC(F)C2)ccc(F)c1Oc1ccc2ncn(-c3ccn(C4CC5(CNC5)C4)n3)c(=O)c2c1. The van der Waals surface area contributed by atoms with Gasteiger partial charge in [-0.15, -0.1) is 0 Å². The van der Waals surface area contributed by atoms with Gasteiger partial charge in [0.1, 0.15) is 29.9 Å². The second-order valence-corrected chi connectivity index (χ2v) is 11.8. The topological polar surface area (TPSA) is 113 Å². The van der Waals surface area contributed by atoms with E-state index in [1.807, 2.05) is 16.9 Å². The smallest absolute Gasteiger partial charge is 0.267 e.